The third-order valence-corrected chi connectivity index (χ3v) is 7.29. The van der Waals surface area contributed by atoms with Crippen molar-refractivity contribution in [3.8, 4) is 0 Å². The summed E-state index contributed by atoms with van der Waals surface area (Å²) in [5, 5.41) is 2.08. The van der Waals surface area contributed by atoms with E-state index in [1.807, 2.05) is 6.92 Å². The van der Waals surface area contributed by atoms with Crippen LogP contribution in [-0.4, -0.2) is 66.9 Å². The summed E-state index contributed by atoms with van der Waals surface area (Å²) >= 11 is 1.45. The number of esters is 1. The van der Waals surface area contributed by atoms with E-state index in [2.05, 4.69) is 43.0 Å². The van der Waals surface area contributed by atoms with E-state index in [1.54, 1.807) is 12.5 Å². The summed E-state index contributed by atoms with van der Waals surface area (Å²) < 4.78 is 10.6. The van der Waals surface area contributed by atoms with E-state index in [-0.39, 0.29) is 5.97 Å². The summed E-state index contributed by atoms with van der Waals surface area (Å²) in [6, 6.07) is 6.50. The van der Waals surface area contributed by atoms with Crippen LogP contribution in [0.2, 0.25) is 0 Å². The van der Waals surface area contributed by atoms with Gasteiger partial charge >= 0.3 is 5.97 Å². The molecule has 1 atom stereocenters. The van der Waals surface area contributed by atoms with Crippen molar-refractivity contribution in [3.63, 3.8) is 0 Å². The highest BCUT2D eigenvalue weighted by atomic mass is 32.1. The third-order valence-electron chi connectivity index (χ3n) is 6.29. The Labute approximate surface area is 197 Å². The maximum atomic E-state index is 12.0. The van der Waals surface area contributed by atoms with Gasteiger partial charge < -0.3 is 19.3 Å². The van der Waals surface area contributed by atoms with Crippen LogP contribution in [0.15, 0.2) is 30.7 Å². The van der Waals surface area contributed by atoms with Crippen LogP contribution >= 0.6 is 11.3 Å². The molecule has 1 unspecified atom stereocenters. The molecule has 0 bridgehead atoms. The summed E-state index contributed by atoms with van der Waals surface area (Å²) in [7, 11) is 0. The van der Waals surface area contributed by atoms with Crippen molar-refractivity contribution in [2.45, 2.75) is 26.2 Å². The molecule has 0 aliphatic carbocycles. The minimum Gasteiger partial charge on any atom is -0.462 e. The number of hydrogen-bond acceptors (Lipinski definition) is 9. The van der Waals surface area contributed by atoms with Crippen LogP contribution in [0.1, 0.15) is 34.4 Å². The van der Waals surface area contributed by atoms with Gasteiger partial charge in [0.15, 0.2) is 0 Å². The molecule has 0 N–H and O–H groups in total. The lowest BCUT2D eigenvalue weighted by Gasteiger charge is -2.34. The zero-order valence-electron chi connectivity index (χ0n) is 18.9. The number of ether oxygens (including phenoxy) is 2. The fourth-order valence-electron chi connectivity index (χ4n) is 4.67. The van der Waals surface area contributed by atoms with Gasteiger partial charge in [0, 0.05) is 43.7 Å². The average Bonchev–Trinajstić information content (AvgIpc) is 3.33. The summed E-state index contributed by atoms with van der Waals surface area (Å²) in [6.07, 6.45) is 6.44. The van der Waals surface area contributed by atoms with Gasteiger partial charge in [-0.3, -0.25) is 0 Å². The van der Waals surface area contributed by atoms with Gasteiger partial charge in [0.2, 0.25) is 0 Å². The summed E-state index contributed by atoms with van der Waals surface area (Å²) in [4.78, 5) is 31.0. The molecular weight excluding hydrogens is 438 g/mol. The van der Waals surface area contributed by atoms with Gasteiger partial charge in [-0.15, -0.1) is 11.3 Å². The molecule has 2 aliphatic heterocycles. The fourth-order valence-corrected chi connectivity index (χ4v) is 5.60. The van der Waals surface area contributed by atoms with Crippen molar-refractivity contribution in [1.82, 2.24) is 15.0 Å². The predicted molar refractivity (Wildman–Crippen MR) is 129 cm³/mol. The number of fused-ring (bicyclic) bond motifs is 1. The predicted octanol–water partition coefficient (Wildman–Crippen LogP) is 3.56. The monoisotopic (exact) mass is 467 g/mol. The van der Waals surface area contributed by atoms with Gasteiger partial charge in [0.05, 0.1) is 36.5 Å². The lowest BCUT2D eigenvalue weighted by atomic mass is 9.95. The number of aromatic nitrogens is 3. The largest absolute Gasteiger partial charge is 0.462 e. The molecule has 0 amide bonds. The first kappa shape index (κ1) is 22.0. The lowest BCUT2D eigenvalue weighted by molar-refractivity contribution is 0.0532. The number of benzene rings is 1. The minimum absolute atomic E-state index is 0.282. The van der Waals surface area contributed by atoms with E-state index in [1.165, 1.54) is 17.0 Å². The highest BCUT2D eigenvalue weighted by Crippen LogP contribution is 2.31. The van der Waals surface area contributed by atoms with Crippen molar-refractivity contribution in [1.29, 1.82) is 0 Å². The van der Waals surface area contributed by atoms with Crippen LogP contribution in [0, 0.1) is 5.92 Å². The van der Waals surface area contributed by atoms with E-state index in [0.717, 1.165) is 80.4 Å². The number of carbonyl (C=O) groups excluding carboxylic acids is 1. The Hall–Kier alpha value is -2.78. The number of carbonyl (C=O) groups is 1. The van der Waals surface area contributed by atoms with Gasteiger partial charge in [0.25, 0.3) is 0 Å². The first-order valence-corrected chi connectivity index (χ1v) is 12.5. The van der Waals surface area contributed by atoms with E-state index in [0.29, 0.717) is 17.4 Å². The molecule has 2 aliphatic rings. The summed E-state index contributed by atoms with van der Waals surface area (Å²) in [6.45, 7) is 7.45. The van der Waals surface area contributed by atoms with E-state index >= 15 is 0 Å². The van der Waals surface area contributed by atoms with Crippen molar-refractivity contribution >= 4 is 39.7 Å². The van der Waals surface area contributed by atoms with Gasteiger partial charge in [-0.05, 0) is 43.9 Å². The quantitative estimate of drug-likeness (QED) is 0.509. The molecule has 5 rings (SSSR count). The van der Waals surface area contributed by atoms with Crippen molar-refractivity contribution < 1.29 is 14.3 Å². The van der Waals surface area contributed by atoms with Gasteiger partial charge in [-0.2, -0.15) is 0 Å². The maximum absolute atomic E-state index is 12.0. The average molecular weight is 468 g/mol. The van der Waals surface area contributed by atoms with Gasteiger partial charge in [-0.25, -0.2) is 19.7 Å². The van der Waals surface area contributed by atoms with Crippen molar-refractivity contribution in [3.05, 3.63) is 40.6 Å². The van der Waals surface area contributed by atoms with E-state index < -0.39 is 0 Å². The van der Waals surface area contributed by atoms with Crippen LogP contribution in [0.5, 0.6) is 0 Å². The molecule has 3 aromatic rings. The first-order chi connectivity index (χ1) is 16.2. The third kappa shape index (κ3) is 4.94. The molecule has 0 radical (unpaired) electrons. The Balaban J connectivity index is 1.30. The number of anilines is 2. The van der Waals surface area contributed by atoms with Gasteiger partial charge in [-0.1, -0.05) is 0 Å². The Morgan fingerprint density at radius 3 is 2.91 bits per heavy atom. The summed E-state index contributed by atoms with van der Waals surface area (Å²) in [5.74, 6) is 1.19. The molecule has 174 valence electrons. The number of hydrogen-bond donors (Lipinski definition) is 0. The number of nitrogens with zero attached hydrogens (tertiary/aromatic N) is 5. The van der Waals surface area contributed by atoms with Crippen LogP contribution in [-0.2, 0) is 15.9 Å². The topological polar surface area (TPSA) is 80.7 Å². The van der Waals surface area contributed by atoms with E-state index in [4.69, 9.17) is 9.47 Å². The molecule has 9 heteroatoms. The van der Waals surface area contributed by atoms with Crippen molar-refractivity contribution in [2.75, 3.05) is 55.8 Å². The second-order valence-corrected chi connectivity index (χ2v) is 9.61. The standard InChI is InChI=1S/C24H29N5O3S/c1-2-32-24(30)21-14-25-22(33-21)12-17-4-3-7-29(15-17)23-19-6-5-18(13-20(19)26-16-27-23)28-8-10-31-11-9-28/h5-6,13-14,16-17H,2-4,7-12,15H2,1H3. The fraction of sp³-hybridized carbons (Fsp3) is 0.500. The number of piperidine rings is 1. The molecule has 2 saturated heterocycles. The smallest absolute Gasteiger partial charge is 0.349 e. The van der Waals surface area contributed by atoms with Gasteiger partial charge in [0.1, 0.15) is 17.0 Å². The molecule has 0 saturated carbocycles. The highest BCUT2D eigenvalue weighted by molar-refractivity contribution is 7.13. The second kappa shape index (κ2) is 10.0. The molecule has 0 spiro atoms. The molecule has 1 aromatic carbocycles. The number of rotatable bonds is 6. The second-order valence-electron chi connectivity index (χ2n) is 8.50. The Bertz CT molecular complexity index is 1110. The van der Waals surface area contributed by atoms with Crippen LogP contribution < -0.4 is 9.80 Å². The summed E-state index contributed by atoms with van der Waals surface area (Å²) in [5.41, 5.74) is 2.17. The molecule has 8 nitrogen and oxygen atoms in total. The Morgan fingerprint density at radius 2 is 2.06 bits per heavy atom. The SMILES string of the molecule is CCOC(=O)c1cnc(CC2CCCN(c3ncnc4cc(N5CCOCC5)ccc34)C2)s1. The first-order valence-electron chi connectivity index (χ1n) is 11.7. The molecule has 4 heterocycles. The van der Waals surface area contributed by atoms with Crippen molar-refractivity contribution in [2.24, 2.45) is 5.92 Å². The number of thiazole rings is 1. The zero-order valence-corrected chi connectivity index (χ0v) is 19.7. The van der Waals surface area contributed by atoms with Crippen LogP contribution in [0.4, 0.5) is 11.5 Å². The minimum atomic E-state index is -0.282. The zero-order chi connectivity index (χ0) is 22.6. The normalized spacial score (nSPS) is 19.1. The lowest BCUT2D eigenvalue weighted by Crippen LogP contribution is -2.37. The van der Waals surface area contributed by atoms with Crippen LogP contribution in [0.25, 0.3) is 10.9 Å². The maximum Gasteiger partial charge on any atom is 0.349 e. The molecule has 2 aromatic heterocycles. The molecule has 2 fully saturated rings. The molecular formula is C24H29N5O3S. The van der Waals surface area contributed by atoms with E-state index in [9.17, 15) is 4.79 Å². The Kier molecular flexibility index (Phi) is 6.68. The number of morpholine rings is 1. The Morgan fingerprint density at radius 1 is 1.18 bits per heavy atom. The highest BCUT2D eigenvalue weighted by Gasteiger charge is 2.24. The molecule has 33 heavy (non-hydrogen) atoms. The van der Waals surface area contributed by atoms with Crippen LogP contribution in [0.3, 0.4) is 0 Å².